The average molecular weight is 902 g/mol. The number of carboxylic acids is 9. The first-order chi connectivity index (χ1) is 22.5. The van der Waals surface area contributed by atoms with Gasteiger partial charge >= 0.3 is 95.5 Å². The molecule has 0 aromatic heterocycles. The van der Waals surface area contributed by atoms with E-state index in [9.17, 15) is 43.2 Å². The van der Waals surface area contributed by atoms with Crippen LogP contribution in [0.1, 0.15) is 38.5 Å². The second kappa shape index (κ2) is 30.0. The molecule has 0 saturated heterocycles. The van der Waals surface area contributed by atoms with E-state index < -0.39 is 124 Å². The van der Waals surface area contributed by atoms with Crippen LogP contribution in [-0.4, -0.2) is 147 Å². The molecule has 34 heteroatoms. The van der Waals surface area contributed by atoms with E-state index in [-0.39, 0.29) is 41.7 Å². The summed E-state index contributed by atoms with van der Waals surface area (Å²) in [6.45, 7) is 0. The van der Waals surface area contributed by atoms with Crippen LogP contribution >= 0.6 is 0 Å². The molecule has 0 atom stereocenters. The van der Waals surface area contributed by atoms with Crippen LogP contribution in [0, 0.1) is 87.7 Å². The fourth-order valence-corrected chi connectivity index (χ4v) is 2.14. The number of hydrogen-bond donors (Lipinski definition) is 12. The van der Waals surface area contributed by atoms with Crippen LogP contribution in [0.25, 0.3) is 0 Å². The van der Waals surface area contributed by atoms with Crippen molar-refractivity contribution in [3.05, 3.63) is 46.0 Å². The first kappa shape index (κ1) is 61.3. The zero-order valence-electron chi connectivity index (χ0n) is 24.8. The van der Waals surface area contributed by atoms with Crippen LogP contribution in [0.5, 0.6) is 0 Å². The number of hydrogen-bond acceptors (Lipinski definition) is 21. The van der Waals surface area contributed by atoms with Crippen molar-refractivity contribution >= 4 is 53.7 Å². The quantitative estimate of drug-likeness (QED) is 0.0545. The average Bonchev–Trinajstić information content (AvgIpc) is 2.80. The minimum absolute atomic E-state index is 0. The molecule has 0 bridgehead atoms. The Morgan fingerprint density at radius 3 is 0.462 bits per heavy atom. The van der Waals surface area contributed by atoms with Crippen molar-refractivity contribution in [2.24, 2.45) is 0 Å². The Hall–Kier alpha value is -5.91. The standard InChI is InChI=1S/3C6H8O7.Ce.3NO3/c3*7-3(8)1-6(13,5(11)12)2-4(9)10;;3*2-1(3)4/h3*13H,1-2H2,(H,7,8)(H,9,10)(H,11,12);;;;/q;;;+3;3*-1. The number of aliphatic carboxylic acids is 9. The molecule has 295 valence electrons. The minimum atomic E-state index is -2.74. The smallest absolute Gasteiger partial charge is 0.481 e. The zero-order valence-corrected chi connectivity index (χ0v) is 27.9. The summed E-state index contributed by atoms with van der Waals surface area (Å²) in [5, 5.41) is 146. The molecule has 0 aliphatic carbocycles. The molecule has 1 radical (unpaired) electrons. The molecular weight excluding hydrogens is 878 g/mol. The third kappa shape index (κ3) is 46.2. The van der Waals surface area contributed by atoms with Crippen LogP contribution in [0.2, 0.25) is 0 Å². The van der Waals surface area contributed by atoms with E-state index >= 15 is 0 Å². The summed E-state index contributed by atoms with van der Waals surface area (Å²) in [7, 11) is 0. The topological polar surface area (TPSA) is 595 Å². The summed E-state index contributed by atoms with van der Waals surface area (Å²) in [4.78, 5) is 116. The van der Waals surface area contributed by atoms with Crippen molar-refractivity contribution in [1.29, 1.82) is 0 Å². The van der Waals surface area contributed by atoms with Gasteiger partial charge in [-0.3, -0.25) is 28.8 Å². The molecule has 0 aromatic carbocycles. The van der Waals surface area contributed by atoms with E-state index in [2.05, 4.69) is 0 Å². The molecule has 33 nitrogen and oxygen atoms in total. The predicted molar refractivity (Wildman–Crippen MR) is 142 cm³/mol. The van der Waals surface area contributed by atoms with Gasteiger partial charge in [0.2, 0.25) is 0 Å². The summed E-state index contributed by atoms with van der Waals surface area (Å²) >= 11 is 0. The maximum Gasteiger partial charge on any atom is 3.00 e. The maximum absolute atomic E-state index is 10.3. The van der Waals surface area contributed by atoms with Crippen LogP contribution in [0.4, 0.5) is 0 Å². The normalized spacial score (nSPS) is 9.52. The van der Waals surface area contributed by atoms with Gasteiger partial charge in [0.05, 0.1) is 53.8 Å². The van der Waals surface area contributed by atoms with Gasteiger partial charge in [-0.25, -0.2) is 14.4 Å². The fraction of sp³-hybridized carbons (Fsp3) is 0.500. The molecule has 0 amide bonds. The molecular formula is C18H24CeN3O30. The van der Waals surface area contributed by atoms with Gasteiger partial charge < -0.3 is 107 Å². The molecule has 0 saturated carbocycles. The molecule has 0 aliphatic rings. The Morgan fingerprint density at radius 1 is 0.346 bits per heavy atom. The Labute approximate surface area is 315 Å². The summed E-state index contributed by atoms with van der Waals surface area (Å²) in [6, 6.07) is 0. The number of aliphatic hydroxyl groups is 3. The van der Waals surface area contributed by atoms with Gasteiger partial charge in [-0.05, 0) is 0 Å². The van der Waals surface area contributed by atoms with Gasteiger partial charge in [-0.15, -0.1) is 0 Å². The van der Waals surface area contributed by atoms with Crippen molar-refractivity contribution in [3.63, 3.8) is 0 Å². The summed E-state index contributed by atoms with van der Waals surface area (Å²) in [6.07, 6.45) is -6.87. The molecule has 0 fully saturated rings. The van der Waals surface area contributed by atoms with Crippen molar-refractivity contribution in [2.75, 3.05) is 0 Å². The van der Waals surface area contributed by atoms with Crippen molar-refractivity contribution in [3.8, 4) is 0 Å². The maximum atomic E-state index is 10.3. The first-order valence-electron chi connectivity index (χ1n) is 11.2. The number of rotatable bonds is 15. The molecule has 0 aromatic rings. The third-order valence-electron chi connectivity index (χ3n) is 3.86. The molecule has 0 spiro atoms. The van der Waals surface area contributed by atoms with Gasteiger partial charge in [0.15, 0.2) is 16.8 Å². The second-order valence-electron chi connectivity index (χ2n) is 8.10. The van der Waals surface area contributed by atoms with Gasteiger partial charge in [0.25, 0.3) is 0 Å². The van der Waals surface area contributed by atoms with E-state index in [4.69, 9.17) is 107 Å². The van der Waals surface area contributed by atoms with E-state index in [1.807, 2.05) is 0 Å². The van der Waals surface area contributed by atoms with E-state index in [0.717, 1.165) is 0 Å². The second-order valence-corrected chi connectivity index (χ2v) is 8.10. The molecule has 0 aliphatic heterocycles. The number of carbonyl (C=O) groups is 9. The Morgan fingerprint density at radius 2 is 0.423 bits per heavy atom. The Bertz CT molecular complexity index is 1070. The van der Waals surface area contributed by atoms with Gasteiger partial charge in [-0.2, -0.15) is 0 Å². The predicted octanol–water partition coefficient (Wildman–Crippen LogP) is -4.46. The number of nitrogens with zero attached hydrogens (tertiary/aromatic N) is 3. The minimum Gasteiger partial charge on any atom is -0.481 e. The van der Waals surface area contributed by atoms with Gasteiger partial charge in [0.1, 0.15) is 0 Å². The molecule has 0 unspecified atom stereocenters. The summed E-state index contributed by atoms with van der Waals surface area (Å²) < 4.78 is 0. The Balaban J connectivity index is -0.0000001000. The van der Waals surface area contributed by atoms with Crippen molar-refractivity contribution in [1.82, 2.24) is 0 Å². The van der Waals surface area contributed by atoms with Gasteiger partial charge in [0, 0.05) is 0 Å². The third-order valence-corrected chi connectivity index (χ3v) is 3.86. The van der Waals surface area contributed by atoms with Crippen LogP contribution in [0.15, 0.2) is 0 Å². The first-order valence-corrected chi connectivity index (χ1v) is 11.2. The SMILES string of the molecule is O=C(O)CC(O)(CC(=O)O)C(=O)O.O=C(O)CC(O)(CC(=O)O)C(=O)O.O=C(O)CC(O)(CC(=O)O)C(=O)O.O=[N+]([O-])[O-].O=[N+]([O-])[O-].O=[N+]([O-])[O-].[Ce+3]. The molecule has 52 heavy (non-hydrogen) atoms. The Kier molecular flexibility index (Phi) is 35.3. The monoisotopic (exact) mass is 902 g/mol. The number of carboxylic acid groups (broad SMARTS) is 9. The fourth-order valence-electron chi connectivity index (χ4n) is 2.14. The van der Waals surface area contributed by atoms with Crippen molar-refractivity contribution < 1.29 is 161 Å². The van der Waals surface area contributed by atoms with Crippen molar-refractivity contribution in [2.45, 2.75) is 55.3 Å². The van der Waals surface area contributed by atoms with Gasteiger partial charge in [-0.1, -0.05) is 0 Å². The molecule has 0 rings (SSSR count). The van der Waals surface area contributed by atoms with Crippen LogP contribution in [-0.2, 0) is 43.2 Å². The van der Waals surface area contributed by atoms with Crippen LogP contribution < -0.4 is 0 Å². The summed E-state index contributed by atoms with van der Waals surface area (Å²) in [5.41, 5.74) is -8.22. The van der Waals surface area contributed by atoms with E-state index in [0.29, 0.717) is 0 Å². The van der Waals surface area contributed by atoms with E-state index in [1.54, 1.807) is 0 Å². The largest absolute Gasteiger partial charge is 3.00 e. The molecule has 0 heterocycles. The molecule has 12 N–H and O–H groups in total. The van der Waals surface area contributed by atoms with Crippen LogP contribution in [0.3, 0.4) is 0 Å². The summed E-state index contributed by atoms with van der Waals surface area (Å²) in [5.74, 6) is -15.1. The van der Waals surface area contributed by atoms with E-state index in [1.165, 1.54) is 0 Å². The zero-order chi connectivity index (χ0) is 42.7.